The first kappa shape index (κ1) is 15.5. The van der Waals surface area contributed by atoms with E-state index in [1.54, 1.807) is 0 Å². The largest absolute Gasteiger partial charge is 0.311 e. The van der Waals surface area contributed by atoms with E-state index in [2.05, 4.69) is 42.2 Å². The van der Waals surface area contributed by atoms with Gasteiger partial charge in [-0.15, -0.1) is 0 Å². The number of rotatable bonds is 6. The number of piperazine rings is 1. The fourth-order valence-electron chi connectivity index (χ4n) is 3.13. The Hall–Kier alpha value is -0.870. The van der Waals surface area contributed by atoms with Gasteiger partial charge >= 0.3 is 0 Å². The molecule has 2 heterocycles. The molecule has 1 N–H and O–H groups in total. The number of aromatic nitrogens is 2. The summed E-state index contributed by atoms with van der Waals surface area (Å²) >= 11 is 0. The average Bonchev–Trinajstić information content (AvgIpc) is 2.83. The minimum Gasteiger partial charge on any atom is -0.311 e. The van der Waals surface area contributed by atoms with Gasteiger partial charge in [0.05, 0.1) is 0 Å². The van der Waals surface area contributed by atoms with E-state index in [0.29, 0.717) is 18.0 Å². The minimum atomic E-state index is 0.634. The Morgan fingerprint density at radius 1 is 1.45 bits per heavy atom. The molecule has 1 saturated heterocycles. The molecule has 0 radical (unpaired) electrons. The SMILES string of the molecule is CCCC1CNC(C(C)C)CN1CCc1ccnn1C. The molecule has 1 fully saturated rings. The molecule has 1 aliphatic heterocycles. The standard InChI is InChI=1S/C16H30N4/c1-5-6-15-11-17-16(13(2)3)12-20(15)10-8-14-7-9-18-19(14)4/h7,9,13,15-17H,5-6,8,10-12H2,1-4H3. The Labute approximate surface area is 123 Å². The van der Waals surface area contributed by atoms with Gasteiger partial charge in [-0.25, -0.2) is 0 Å². The highest BCUT2D eigenvalue weighted by Crippen LogP contribution is 2.17. The lowest BCUT2D eigenvalue weighted by atomic mass is 9.97. The molecule has 1 aromatic rings. The summed E-state index contributed by atoms with van der Waals surface area (Å²) in [6, 6.07) is 3.47. The summed E-state index contributed by atoms with van der Waals surface area (Å²) in [5, 5.41) is 7.99. The molecule has 0 saturated carbocycles. The molecule has 1 aromatic heterocycles. The summed E-state index contributed by atoms with van der Waals surface area (Å²) in [7, 11) is 2.04. The van der Waals surface area contributed by atoms with Crippen molar-refractivity contribution >= 4 is 0 Å². The highest BCUT2D eigenvalue weighted by molar-refractivity contribution is 5.01. The third-order valence-corrected chi connectivity index (χ3v) is 4.57. The zero-order valence-electron chi connectivity index (χ0n) is 13.5. The van der Waals surface area contributed by atoms with Crippen molar-refractivity contribution in [3.63, 3.8) is 0 Å². The van der Waals surface area contributed by atoms with E-state index in [1.165, 1.54) is 25.1 Å². The van der Waals surface area contributed by atoms with E-state index in [9.17, 15) is 0 Å². The maximum Gasteiger partial charge on any atom is 0.0492 e. The smallest absolute Gasteiger partial charge is 0.0492 e. The Balaban J connectivity index is 1.94. The molecule has 0 bridgehead atoms. The van der Waals surface area contributed by atoms with Crippen LogP contribution in [0.1, 0.15) is 39.3 Å². The van der Waals surface area contributed by atoms with Crippen LogP contribution in [0, 0.1) is 5.92 Å². The molecule has 114 valence electrons. The molecule has 2 unspecified atom stereocenters. The van der Waals surface area contributed by atoms with Crippen LogP contribution in [0.2, 0.25) is 0 Å². The number of hydrogen-bond acceptors (Lipinski definition) is 3. The van der Waals surface area contributed by atoms with Crippen molar-refractivity contribution in [1.82, 2.24) is 20.0 Å². The van der Waals surface area contributed by atoms with Gasteiger partial charge in [0.1, 0.15) is 0 Å². The van der Waals surface area contributed by atoms with Crippen LogP contribution in [0.25, 0.3) is 0 Å². The van der Waals surface area contributed by atoms with E-state index in [0.717, 1.165) is 19.5 Å². The van der Waals surface area contributed by atoms with Crippen molar-refractivity contribution in [2.45, 2.75) is 52.1 Å². The molecule has 4 heteroatoms. The fraction of sp³-hybridized carbons (Fsp3) is 0.812. The van der Waals surface area contributed by atoms with Gasteiger partial charge < -0.3 is 5.32 Å². The first-order valence-corrected chi connectivity index (χ1v) is 8.06. The summed E-state index contributed by atoms with van der Waals surface area (Å²) in [5.74, 6) is 0.705. The van der Waals surface area contributed by atoms with Crippen LogP contribution in [0.5, 0.6) is 0 Å². The number of nitrogens with zero attached hydrogens (tertiary/aromatic N) is 3. The van der Waals surface area contributed by atoms with Gasteiger partial charge in [-0.3, -0.25) is 9.58 Å². The van der Waals surface area contributed by atoms with Gasteiger partial charge in [0.25, 0.3) is 0 Å². The van der Waals surface area contributed by atoms with E-state index in [-0.39, 0.29) is 0 Å². The topological polar surface area (TPSA) is 33.1 Å². The van der Waals surface area contributed by atoms with Crippen molar-refractivity contribution in [2.24, 2.45) is 13.0 Å². The molecule has 0 amide bonds. The van der Waals surface area contributed by atoms with Crippen LogP contribution >= 0.6 is 0 Å². The summed E-state index contributed by atoms with van der Waals surface area (Å²) in [6.07, 6.45) is 5.55. The predicted octanol–water partition coefficient (Wildman–Crippen LogP) is 2.06. The molecule has 2 atom stereocenters. The molecule has 4 nitrogen and oxygen atoms in total. The number of aryl methyl sites for hydroxylation is 1. The quantitative estimate of drug-likeness (QED) is 0.864. The molecule has 0 aliphatic carbocycles. The Bertz CT molecular complexity index is 399. The Morgan fingerprint density at radius 2 is 2.25 bits per heavy atom. The van der Waals surface area contributed by atoms with Crippen LogP contribution < -0.4 is 5.32 Å². The maximum atomic E-state index is 4.26. The Kier molecular flexibility index (Phi) is 5.61. The van der Waals surface area contributed by atoms with Crippen molar-refractivity contribution in [2.75, 3.05) is 19.6 Å². The van der Waals surface area contributed by atoms with Crippen LogP contribution in [-0.4, -0.2) is 46.4 Å². The summed E-state index contributed by atoms with van der Waals surface area (Å²) < 4.78 is 2.00. The van der Waals surface area contributed by atoms with E-state index >= 15 is 0 Å². The fourth-order valence-corrected chi connectivity index (χ4v) is 3.13. The first-order valence-electron chi connectivity index (χ1n) is 8.06. The lowest BCUT2D eigenvalue weighted by Gasteiger charge is -2.42. The number of hydrogen-bond donors (Lipinski definition) is 1. The molecule has 0 aromatic carbocycles. The average molecular weight is 278 g/mol. The normalized spacial score (nSPS) is 24.4. The van der Waals surface area contributed by atoms with Gasteiger partial charge in [0, 0.05) is 57.1 Å². The minimum absolute atomic E-state index is 0.634. The van der Waals surface area contributed by atoms with Gasteiger partial charge in [0.15, 0.2) is 0 Å². The van der Waals surface area contributed by atoms with Crippen molar-refractivity contribution < 1.29 is 0 Å². The second-order valence-electron chi connectivity index (χ2n) is 6.39. The summed E-state index contributed by atoms with van der Waals surface area (Å²) in [5.41, 5.74) is 1.33. The third-order valence-electron chi connectivity index (χ3n) is 4.57. The molecule has 20 heavy (non-hydrogen) atoms. The second kappa shape index (κ2) is 7.23. The first-order chi connectivity index (χ1) is 9.61. The van der Waals surface area contributed by atoms with Gasteiger partial charge in [-0.05, 0) is 18.4 Å². The van der Waals surface area contributed by atoms with Gasteiger partial charge in [-0.2, -0.15) is 5.10 Å². The second-order valence-corrected chi connectivity index (χ2v) is 6.39. The monoisotopic (exact) mass is 278 g/mol. The van der Waals surface area contributed by atoms with Crippen molar-refractivity contribution in [3.05, 3.63) is 18.0 Å². The molecule has 0 spiro atoms. The Morgan fingerprint density at radius 3 is 2.85 bits per heavy atom. The number of nitrogens with one attached hydrogen (secondary N) is 1. The summed E-state index contributed by atoms with van der Waals surface area (Å²) in [4.78, 5) is 2.69. The van der Waals surface area contributed by atoms with Gasteiger partial charge in [-0.1, -0.05) is 27.2 Å². The maximum absolute atomic E-state index is 4.26. The predicted molar refractivity (Wildman–Crippen MR) is 83.8 cm³/mol. The van der Waals surface area contributed by atoms with Crippen LogP contribution in [0.3, 0.4) is 0 Å². The lowest BCUT2D eigenvalue weighted by molar-refractivity contribution is 0.108. The molecular weight excluding hydrogens is 248 g/mol. The van der Waals surface area contributed by atoms with Crippen molar-refractivity contribution in [1.29, 1.82) is 0 Å². The molecule has 1 aliphatic rings. The van der Waals surface area contributed by atoms with Crippen LogP contribution in [-0.2, 0) is 13.5 Å². The van der Waals surface area contributed by atoms with E-state index < -0.39 is 0 Å². The molecule has 2 rings (SSSR count). The van der Waals surface area contributed by atoms with E-state index in [1.807, 2.05) is 17.9 Å². The van der Waals surface area contributed by atoms with Crippen LogP contribution in [0.15, 0.2) is 12.3 Å². The highest BCUT2D eigenvalue weighted by atomic mass is 15.3. The summed E-state index contributed by atoms with van der Waals surface area (Å²) in [6.45, 7) is 10.4. The zero-order valence-corrected chi connectivity index (χ0v) is 13.5. The lowest BCUT2D eigenvalue weighted by Crippen LogP contribution is -2.58. The van der Waals surface area contributed by atoms with Crippen molar-refractivity contribution in [3.8, 4) is 0 Å². The van der Waals surface area contributed by atoms with E-state index in [4.69, 9.17) is 0 Å². The third kappa shape index (κ3) is 3.83. The highest BCUT2D eigenvalue weighted by Gasteiger charge is 2.28. The van der Waals surface area contributed by atoms with Crippen LogP contribution in [0.4, 0.5) is 0 Å². The van der Waals surface area contributed by atoms with Gasteiger partial charge in [0.2, 0.25) is 0 Å². The molecular formula is C16H30N4. The zero-order chi connectivity index (χ0) is 14.5.